The van der Waals surface area contributed by atoms with Crippen LogP contribution in [0, 0.1) is 0 Å². The third-order valence-corrected chi connectivity index (χ3v) is 12.3. The van der Waals surface area contributed by atoms with Crippen LogP contribution in [0.1, 0.15) is 100 Å². The molecule has 1 aliphatic carbocycles. The Balaban J connectivity index is 1.34. The SMILES string of the molecule is C=Cc1ccc2c(c1)C(CCCCCC)(CCCCCC)c1cccc(-c3cc4cccc5c6c7cccc(C=C)c7oc6c6cccc3c6c45)c1-2. The van der Waals surface area contributed by atoms with Gasteiger partial charge in [0, 0.05) is 32.5 Å². The molecule has 0 unspecified atom stereocenters. The molecule has 0 N–H and O–H groups in total. The fourth-order valence-corrected chi connectivity index (χ4v) is 9.91. The summed E-state index contributed by atoms with van der Waals surface area (Å²) >= 11 is 0. The van der Waals surface area contributed by atoms with E-state index in [-0.39, 0.29) is 5.41 Å². The molecule has 7 aromatic carbocycles. The molecule has 0 saturated carbocycles. The molecule has 1 aliphatic rings. The van der Waals surface area contributed by atoms with Gasteiger partial charge in [0.25, 0.3) is 0 Å². The van der Waals surface area contributed by atoms with E-state index in [0.717, 1.165) is 22.1 Å². The molecule has 1 heteroatoms. The van der Waals surface area contributed by atoms with Crippen molar-refractivity contribution < 1.29 is 4.42 Å². The molecule has 0 bridgehead atoms. The largest absolute Gasteiger partial charge is 0.455 e. The number of hydrogen-bond acceptors (Lipinski definition) is 1. The number of fused-ring (bicyclic) bond motifs is 8. The number of rotatable bonds is 13. The Morgan fingerprint density at radius 2 is 1.23 bits per heavy atom. The Hall–Kier alpha value is -5.14. The quantitative estimate of drug-likeness (QED) is 0.0875. The lowest BCUT2D eigenvalue weighted by molar-refractivity contribution is 0.401. The lowest BCUT2D eigenvalue weighted by atomic mass is 9.70. The Labute approximate surface area is 308 Å². The zero-order chi connectivity index (χ0) is 35.4. The normalized spacial score (nSPS) is 13.5. The molecule has 0 saturated heterocycles. The first-order valence-corrected chi connectivity index (χ1v) is 19.7. The van der Waals surface area contributed by atoms with Crippen molar-refractivity contribution in [1.29, 1.82) is 0 Å². The summed E-state index contributed by atoms with van der Waals surface area (Å²) in [5, 5.41) is 9.94. The van der Waals surface area contributed by atoms with Gasteiger partial charge < -0.3 is 4.42 Å². The Bertz CT molecular complexity index is 2630. The molecule has 0 aliphatic heterocycles. The third kappa shape index (κ3) is 4.82. The maximum absolute atomic E-state index is 6.84. The Kier molecular flexibility index (Phi) is 8.26. The van der Waals surface area contributed by atoms with Gasteiger partial charge in [0.2, 0.25) is 0 Å². The summed E-state index contributed by atoms with van der Waals surface area (Å²) < 4.78 is 6.84. The van der Waals surface area contributed by atoms with Crippen LogP contribution in [0.5, 0.6) is 0 Å². The van der Waals surface area contributed by atoms with Gasteiger partial charge in [0.05, 0.1) is 0 Å². The molecule has 0 atom stereocenters. The van der Waals surface area contributed by atoms with E-state index in [9.17, 15) is 0 Å². The average molecular weight is 677 g/mol. The van der Waals surface area contributed by atoms with Gasteiger partial charge in [-0.1, -0.05) is 182 Å². The predicted molar refractivity (Wildman–Crippen MR) is 227 cm³/mol. The van der Waals surface area contributed by atoms with Crippen molar-refractivity contribution in [1.82, 2.24) is 0 Å². The van der Waals surface area contributed by atoms with Crippen molar-refractivity contribution in [3.63, 3.8) is 0 Å². The van der Waals surface area contributed by atoms with E-state index in [1.807, 2.05) is 12.2 Å². The maximum Gasteiger partial charge on any atom is 0.143 e. The van der Waals surface area contributed by atoms with Gasteiger partial charge in [-0.05, 0) is 79.4 Å². The second kappa shape index (κ2) is 13.1. The zero-order valence-electron chi connectivity index (χ0n) is 30.8. The van der Waals surface area contributed by atoms with Gasteiger partial charge in [-0.3, -0.25) is 0 Å². The Morgan fingerprint density at radius 3 is 1.98 bits per heavy atom. The van der Waals surface area contributed by atoms with Crippen LogP contribution in [0.15, 0.2) is 115 Å². The number of hydrogen-bond donors (Lipinski definition) is 0. The van der Waals surface area contributed by atoms with E-state index in [4.69, 9.17) is 4.42 Å². The number of benzene rings is 7. The molecular formula is C51H48O. The van der Waals surface area contributed by atoms with Crippen LogP contribution in [-0.4, -0.2) is 0 Å². The molecule has 258 valence electrons. The van der Waals surface area contributed by atoms with Crippen molar-refractivity contribution in [3.05, 3.63) is 132 Å². The van der Waals surface area contributed by atoms with Gasteiger partial charge in [0.1, 0.15) is 11.2 Å². The topological polar surface area (TPSA) is 13.1 Å². The van der Waals surface area contributed by atoms with E-state index in [1.54, 1.807) is 0 Å². The summed E-state index contributed by atoms with van der Waals surface area (Å²) in [5.41, 5.74) is 12.6. The van der Waals surface area contributed by atoms with E-state index in [0.29, 0.717) is 0 Å². The molecule has 0 spiro atoms. The highest BCUT2D eigenvalue weighted by atomic mass is 16.3. The van der Waals surface area contributed by atoms with E-state index < -0.39 is 0 Å². The molecule has 0 fully saturated rings. The van der Waals surface area contributed by atoms with Crippen molar-refractivity contribution >= 4 is 66.4 Å². The van der Waals surface area contributed by atoms with Crippen LogP contribution in [-0.2, 0) is 5.41 Å². The minimum Gasteiger partial charge on any atom is -0.455 e. The van der Waals surface area contributed by atoms with Crippen LogP contribution in [0.3, 0.4) is 0 Å². The van der Waals surface area contributed by atoms with Crippen molar-refractivity contribution in [2.75, 3.05) is 0 Å². The summed E-state index contributed by atoms with van der Waals surface area (Å²) in [5.74, 6) is 0. The van der Waals surface area contributed by atoms with E-state index in [2.05, 4.69) is 124 Å². The molecule has 1 nitrogen and oxygen atoms in total. The molecule has 52 heavy (non-hydrogen) atoms. The van der Waals surface area contributed by atoms with Crippen LogP contribution >= 0.6 is 0 Å². The molecule has 1 heterocycles. The van der Waals surface area contributed by atoms with E-state index >= 15 is 0 Å². The zero-order valence-corrected chi connectivity index (χ0v) is 30.8. The molecule has 8 aromatic rings. The van der Waals surface area contributed by atoms with Gasteiger partial charge in [-0.15, -0.1) is 0 Å². The fraction of sp³-hybridized carbons (Fsp3) is 0.255. The lowest BCUT2D eigenvalue weighted by Crippen LogP contribution is -2.25. The van der Waals surface area contributed by atoms with Gasteiger partial charge >= 0.3 is 0 Å². The number of unbranched alkanes of at least 4 members (excludes halogenated alkanes) is 6. The number of para-hydroxylation sites is 1. The van der Waals surface area contributed by atoms with Crippen LogP contribution in [0.4, 0.5) is 0 Å². The first kappa shape index (κ1) is 32.7. The highest BCUT2D eigenvalue weighted by Gasteiger charge is 2.43. The predicted octanol–water partition coefficient (Wildman–Crippen LogP) is 15.6. The second-order valence-corrected chi connectivity index (χ2v) is 15.2. The standard InChI is InChI=1S/C51H48O/c1-5-9-11-13-29-51(30-14-12-10-6-2)43-26-18-22-36(46(43)38-28-27-33(7-3)31-44(38)51)42-32-35-20-16-23-39-45(35)47-37(42)21-17-25-40(47)50-48(39)41-24-15-19-34(8-4)49(41)52-50/h7-8,15-28,31-32H,3-6,9-14,29-30H2,1-2H3. The summed E-state index contributed by atoms with van der Waals surface area (Å²) in [6.45, 7) is 12.9. The summed E-state index contributed by atoms with van der Waals surface area (Å²) in [6, 6.07) is 36.9. The molecule has 0 radical (unpaired) electrons. The monoisotopic (exact) mass is 676 g/mol. The lowest BCUT2D eigenvalue weighted by Gasteiger charge is -2.33. The van der Waals surface area contributed by atoms with Crippen molar-refractivity contribution in [3.8, 4) is 22.3 Å². The average Bonchev–Trinajstić information content (AvgIpc) is 3.72. The third-order valence-electron chi connectivity index (χ3n) is 12.3. The van der Waals surface area contributed by atoms with Gasteiger partial charge in [-0.25, -0.2) is 0 Å². The van der Waals surface area contributed by atoms with E-state index in [1.165, 1.54) is 141 Å². The number of furan rings is 1. The van der Waals surface area contributed by atoms with Gasteiger partial charge in [-0.2, -0.15) is 0 Å². The van der Waals surface area contributed by atoms with Crippen molar-refractivity contribution in [2.45, 2.75) is 83.5 Å². The van der Waals surface area contributed by atoms with Crippen LogP contribution in [0.25, 0.3) is 88.7 Å². The smallest absolute Gasteiger partial charge is 0.143 e. The summed E-state index contributed by atoms with van der Waals surface area (Å²) in [7, 11) is 0. The Morgan fingerprint density at radius 1 is 0.538 bits per heavy atom. The molecule has 1 aromatic heterocycles. The first-order valence-electron chi connectivity index (χ1n) is 19.7. The van der Waals surface area contributed by atoms with Crippen molar-refractivity contribution in [2.24, 2.45) is 0 Å². The minimum absolute atomic E-state index is 0.00361. The minimum atomic E-state index is 0.00361. The second-order valence-electron chi connectivity index (χ2n) is 15.2. The summed E-state index contributed by atoms with van der Waals surface area (Å²) in [6.07, 6.45) is 16.5. The highest BCUT2D eigenvalue weighted by Crippen LogP contribution is 2.58. The molecule has 0 amide bonds. The molecule has 9 rings (SSSR count). The van der Waals surface area contributed by atoms with Crippen LogP contribution in [0.2, 0.25) is 0 Å². The van der Waals surface area contributed by atoms with Gasteiger partial charge in [0.15, 0.2) is 0 Å². The first-order chi connectivity index (χ1) is 25.6. The fourth-order valence-electron chi connectivity index (χ4n) is 9.91. The maximum atomic E-state index is 6.84. The molecular weight excluding hydrogens is 629 g/mol. The van der Waals surface area contributed by atoms with Crippen LogP contribution < -0.4 is 0 Å². The highest BCUT2D eigenvalue weighted by molar-refractivity contribution is 6.38. The summed E-state index contributed by atoms with van der Waals surface area (Å²) in [4.78, 5) is 0.